The number of hydrogen-bond donors (Lipinski definition) is 0. The van der Waals surface area contributed by atoms with Gasteiger partial charge in [0.2, 0.25) is 5.91 Å². The Morgan fingerprint density at radius 2 is 1.44 bits per heavy atom. The highest BCUT2D eigenvalue weighted by atomic mass is 35.5. The first kappa shape index (κ1) is 18.9. The number of nitrogens with zero attached hydrogens (tertiary/aromatic N) is 3. The van der Waals surface area contributed by atoms with Gasteiger partial charge in [0.1, 0.15) is 0 Å². The Labute approximate surface area is 158 Å². The zero-order chi connectivity index (χ0) is 18.0. The van der Waals surface area contributed by atoms with Gasteiger partial charge in [-0.3, -0.25) is 4.79 Å². The maximum Gasteiger partial charge on any atom is 0.282 e. The van der Waals surface area contributed by atoms with Gasteiger partial charge < -0.3 is 4.90 Å². The van der Waals surface area contributed by atoms with Gasteiger partial charge >= 0.3 is 0 Å². The van der Waals surface area contributed by atoms with Crippen LogP contribution in [-0.4, -0.2) is 67.1 Å². The molecule has 3 rings (SSSR count). The van der Waals surface area contributed by atoms with Crippen molar-refractivity contribution in [2.24, 2.45) is 0 Å². The molecule has 6 nitrogen and oxygen atoms in total. The van der Waals surface area contributed by atoms with Crippen LogP contribution in [0.5, 0.6) is 0 Å². The standard InChI is InChI=1S/C16H21Cl2N3O3S/c17-14-4-3-5-15(18)13(14)12-16(22)19-8-10-21(11-9-19)25(23,24)20-6-1-2-7-20/h3-5H,1-2,6-12H2. The van der Waals surface area contributed by atoms with Gasteiger partial charge in [-0.25, -0.2) is 0 Å². The summed E-state index contributed by atoms with van der Waals surface area (Å²) in [7, 11) is -3.40. The van der Waals surface area contributed by atoms with Crippen LogP contribution < -0.4 is 0 Å². The fraction of sp³-hybridized carbons (Fsp3) is 0.562. The van der Waals surface area contributed by atoms with E-state index in [1.54, 1.807) is 23.1 Å². The van der Waals surface area contributed by atoms with Crippen molar-refractivity contribution in [2.45, 2.75) is 19.3 Å². The zero-order valence-electron chi connectivity index (χ0n) is 13.8. The SMILES string of the molecule is O=C(Cc1c(Cl)cccc1Cl)N1CCN(S(=O)(=O)N2CCCC2)CC1. The Morgan fingerprint density at radius 1 is 0.920 bits per heavy atom. The molecular formula is C16H21Cl2N3O3S. The molecule has 0 unspecified atom stereocenters. The van der Waals surface area contributed by atoms with Gasteiger partial charge in [-0.05, 0) is 30.5 Å². The van der Waals surface area contributed by atoms with Crippen LogP contribution >= 0.6 is 23.2 Å². The van der Waals surface area contributed by atoms with Gasteiger partial charge in [0.15, 0.2) is 0 Å². The molecule has 0 saturated carbocycles. The summed E-state index contributed by atoms with van der Waals surface area (Å²) in [6, 6.07) is 5.15. The summed E-state index contributed by atoms with van der Waals surface area (Å²) in [5.41, 5.74) is 0.614. The molecular weight excluding hydrogens is 385 g/mol. The largest absolute Gasteiger partial charge is 0.340 e. The number of piperazine rings is 1. The zero-order valence-corrected chi connectivity index (χ0v) is 16.2. The van der Waals surface area contributed by atoms with E-state index >= 15 is 0 Å². The van der Waals surface area contributed by atoms with Crippen LogP contribution in [0.4, 0.5) is 0 Å². The lowest BCUT2D eigenvalue weighted by Crippen LogP contribution is -2.54. The van der Waals surface area contributed by atoms with E-state index in [9.17, 15) is 13.2 Å². The average Bonchev–Trinajstić information content (AvgIpc) is 3.14. The molecule has 2 saturated heterocycles. The molecule has 1 amide bonds. The summed E-state index contributed by atoms with van der Waals surface area (Å²) in [5, 5.41) is 0.937. The van der Waals surface area contributed by atoms with Crippen molar-refractivity contribution >= 4 is 39.3 Å². The lowest BCUT2D eigenvalue weighted by atomic mass is 10.1. The third kappa shape index (κ3) is 4.11. The molecule has 2 heterocycles. The van der Waals surface area contributed by atoms with Gasteiger partial charge in [0.25, 0.3) is 10.2 Å². The minimum absolute atomic E-state index is 0.0896. The monoisotopic (exact) mass is 405 g/mol. The predicted molar refractivity (Wildman–Crippen MR) is 98.0 cm³/mol. The number of halogens is 2. The third-order valence-electron chi connectivity index (χ3n) is 4.70. The lowest BCUT2D eigenvalue weighted by molar-refractivity contribution is -0.131. The van der Waals surface area contributed by atoms with E-state index in [0.717, 1.165) is 12.8 Å². The number of amides is 1. The summed E-state index contributed by atoms with van der Waals surface area (Å²) < 4.78 is 28.1. The number of carbonyl (C=O) groups is 1. The first-order valence-electron chi connectivity index (χ1n) is 8.35. The number of carbonyl (C=O) groups excluding carboxylic acids is 1. The van der Waals surface area contributed by atoms with Crippen LogP contribution in [0.2, 0.25) is 10.0 Å². The first-order valence-corrected chi connectivity index (χ1v) is 10.5. The molecule has 0 radical (unpaired) electrons. The van der Waals surface area contributed by atoms with Crippen LogP contribution in [0.3, 0.4) is 0 Å². The minimum atomic E-state index is -3.40. The fourth-order valence-electron chi connectivity index (χ4n) is 3.21. The van der Waals surface area contributed by atoms with Gasteiger partial charge in [0.05, 0.1) is 6.42 Å². The molecule has 2 fully saturated rings. The Balaban J connectivity index is 1.59. The van der Waals surface area contributed by atoms with Crippen molar-refractivity contribution in [1.82, 2.24) is 13.5 Å². The molecule has 2 aliphatic rings. The Morgan fingerprint density at radius 3 is 2.00 bits per heavy atom. The predicted octanol–water partition coefficient (Wildman–Crippen LogP) is 2.02. The topological polar surface area (TPSA) is 60.9 Å². The average molecular weight is 406 g/mol. The molecule has 2 aliphatic heterocycles. The van der Waals surface area contributed by atoms with Crippen molar-refractivity contribution in [1.29, 1.82) is 0 Å². The van der Waals surface area contributed by atoms with Crippen molar-refractivity contribution in [2.75, 3.05) is 39.3 Å². The molecule has 138 valence electrons. The number of hydrogen-bond acceptors (Lipinski definition) is 3. The molecule has 1 aromatic rings. The lowest BCUT2D eigenvalue weighted by Gasteiger charge is -2.36. The Kier molecular flexibility index (Phi) is 5.90. The Hall–Kier alpha value is -0.860. The van der Waals surface area contributed by atoms with Crippen LogP contribution in [0.1, 0.15) is 18.4 Å². The normalized spacial score (nSPS) is 20.2. The van der Waals surface area contributed by atoms with E-state index in [-0.39, 0.29) is 12.3 Å². The maximum atomic E-state index is 12.6. The van der Waals surface area contributed by atoms with Crippen LogP contribution in [0.25, 0.3) is 0 Å². The summed E-state index contributed by atoms with van der Waals surface area (Å²) in [5.74, 6) is -0.0896. The van der Waals surface area contributed by atoms with E-state index in [2.05, 4.69) is 0 Å². The van der Waals surface area contributed by atoms with Crippen molar-refractivity contribution in [3.8, 4) is 0 Å². The quantitative estimate of drug-likeness (QED) is 0.769. The summed E-state index contributed by atoms with van der Waals surface area (Å²) in [6.45, 7) is 2.59. The molecule has 0 N–H and O–H groups in total. The second kappa shape index (κ2) is 7.80. The van der Waals surface area contributed by atoms with Gasteiger partial charge in [0, 0.05) is 49.3 Å². The molecule has 9 heteroatoms. The highest BCUT2D eigenvalue weighted by molar-refractivity contribution is 7.86. The van der Waals surface area contributed by atoms with Crippen LogP contribution in [-0.2, 0) is 21.4 Å². The van der Waals surface area contributed by atoms with Gasteiger partial charge in [-0.1, -0.05) is 29.3 Å². The van der Waals surface area contributed by atoms with Gasteiger partial charge in [-0.2, -0.15) is 17.0 Å². The van der Waals surface area contributed by atoms with Gasteiger partial charge in [-0.15, -0.1) is 0 Å². The van der Waals surface area contributed by atoms with Crippen LogP contribution in [0.15, 0.2) is 18.2 Å². The molecule has 0 aliphatic carbocycles. The second-order valence-electron chi connectivity index (χ2n) is 6.27. The molecule has 0 spiro atoms. The van der Waals surface area contributed by atoms with E-state index < -0.39 is 10.2 Å². The van der Waals surface area contributed by atoms with Crippen LogP contribution in [0, 0.1) is 0 Å². The molecule has 0 aromatic heterocycles. The fourth-order valence-corrected chi connectivity index (χ4v) is 5.42. The number of rotatable bonds is 4. The first-order chi connectivity index (χ1) is 11.9. The summed E-state index contributed by atoms with van der Waals surface area (Å²) in [6.07, 6.45) is 1.95. The van der Waals surface area contributed by atoms with Crippen molar-refractivity contribution in [3.05, 3.63) is 33.8 Å². The second-order valence-corrected chi connectivity index (χ2v) is 9.01. The molecule has 25 heavy (non-hydrogen) atoms. The summed E-state index contributed by atoms with van der Waals surface area (Å²) >= 11 is 12.2. The highest BCUT2D eigenvalue weighted by Crippen LogP contribution is 2.25. The summed E-state index contributed by atoms with van der Waals surface area (Å²) in [4.78, 5) is 14.2. The smallest absolute Gasteiger partial charge is 0.282 e. The highest BCUT2D eigenvalue weighted by Gasteiger charge is 2.34. The van der Waals surface area contributed by atoms with Crippen molar-refractivity contribution in [3.63, 3.8) is 0 Å². The molecule has 0 bridgehead atoms. The van der Waals surface area contributed by atoms with E-state index in [1.165, 1.54) is 8.61 Å². The van der Waals surface area contributed by atoms with Crippen molar-refractivity contribution < 1.29 is 13.2 Å². The minimum Gasteiger partial charge on any atom is -0.340 e. The number of benzene rings is 1. The molecule has 1 aromatic carbocycles. The van der Waals surface area contributed by atoms with E-state index in [1.807, 2.05) is 0 Å². The Bertz CT molecular complexity index is 723. The van der Waals surface area contributed by atoms with E-state index in [4.69, 9.17) is 23.2 Å². The third-order valence-corrected chi connectivity index (χ3v) is 7.44. The van der Waals surface area contributed by atoms with E-state index in [0.29, 0.717) is 54.9 Å². The maximum absolute atomic E-state index is 12.6. The molecule has 0 atom stereocenters.